The van der Waals surface area contributed by atoms with E-state index in [4.69, 9.17) is 11.6 Å². The van der Waals surface area contributed by atoms with Crippen molar-refractivity contribution in [2.75, 3.05) is 7.05 Å². The van der Waals surface area contributed by atoms with E-state index in [-0.39, 0.29) is 11.9 Å². The van der Waals surface area contributed by atoms with E-state index >= 15 is 0 Å². The molecule has 2 nitrogen and oxygen atoms in total. The molecule has 4 heteroatoms. The van der Waals surface area contributed by atoms with Crippen LogP contribution in [-0.2, 0) is 6.42 Å². The molecule has 0 bridgehead atoms. The van der Waals surface area contributed by atoms with Crippen LogP contribution < -0.4 is 5.32 Å². The molecule has 0 amide bonds. The second kappa shape index (κ2) is 5.94. The van der Waals surface area contributed by atoms with Crippen molar-refractivity contribution in [3.8, 4) is 0 Å². The second-order valence-electron chi connectivity index (χ2n) is 4.07. The zero-order valence-corrected chi connectivity index (χ0v) is 10.8. The minimum Gasteiger partial charge on any atom is -0.313 e. The van der Waals surface area contributed by atoms with Gasteiger partial charge in [0.15, 0.2) is 0 Å². The topological polar surface area (TPSA) is 24.9 Å². The molecule has 1 unspecified atom stereocenters. The van der Waals surface area contributed by atoms with E-state index in [9.17, 15) is 4.39 Å². The van der Waals surface area contributed by atoms with Gasteiger partial charge in [0, 0.05) is 29.0 Å². The van der Waals surface area contributed by atoms with Gasteiger partial charge in [-0.2, -0.15) is 0 Å². The predicted octanol–water partition coefficient (Wildman–Crippen LogP) is 3.38. The highest BCUT2D eigenvalue weighted by molar-refractivity contribution is 6.30. The molecule has 0 saturated heterocycles. The molecule has 1 N–H and O–H groups in total. The Morgan fingerprint density at radius 3 is 2.83 bits per heavy atom. The largest absolute Gasteiger partial charge is 0.313 e. The number of aromatic nitrogens is 1. The second-order valence-corrected chi connectivity index (χ2v) is 4.51. The summed E-state index contributed by atoms with van der Waals surface area (Å²) in [5.74, 6) is -0.286. The summed E-state index contributed by atoms with van der Waals surface area (Å²) in [5.41, 5.74) is 1.68. The SMILES string of the molecule is CNC(Cc1cccnc1)c1ccc(Cl)cc1F. The molecule has 94 valence electrons. The Balaban J connectivity index is 2.23. The third-order valence-corrected chi connectivity index (χ3v) is 3.08. The first-order valence-electron chi connectivity index (χ1n) is 5.72. The number of pyridine rings is 1. The fourth-order valence-corrected chi connectivity index (χ4v) is 2.06. The molecule has 2 rings (SSSR count). The van der Waals surface area contributed by atoms with Gasteiger partial charge in [-0.3, -0.25) is 4.98 Å². The Bertz CT molecular complexity index is 516. The minimum atomic E-state index is -0.286. The standard InChI is InChI=1S/C14H14ClFN2/c1-17-14(7-10-3-2-6-18-9-10)12-5-4-11(15)8-13(12)16/h2-6,8-9,14,17H,7H2,1H3. The van der Waals surface area contributed by atoms with Gasteiger partial charge in [0.25, 0.3) is 0 Å². The number of halogens is 2. The Hall–Kier alpha value is -1.45. The van der Waals surface area contributed by atoms with Gasteiger partial charge >= 0.3 is 0 Å². The van der Waals surface area contributed by atoms with Gasteiger partial charge < -0.3 is 5.32 Å². The van der Waals surface area contributed by atoms with Gasteiger partial charge in [-0.25, -0.2) is 4.39 Å². The van der Waals surface area contributed by atoms with Crippen LogP contribution in [0.15, 0.2) is 42.7 Å². The van der Waals surface area contributed by atoms with Crippen LogP contribution in [0, 0.1) is 5.82 Å². The highest BCUT2D eigenvalue weighted by Gasteiger charge is 2.14. The van der Waals surface area contributed by atoms with Crippen molar-refractivity contribution in [2.45, 2.75) is 12.5 Å². The Morgan fingerprint density at radius 2 is 2.22 bits per heavy atom. The molecule has 1 heterocycles. The van der Waals surface area contributed by atoms with Gasteiger partial charge in [-0.1, -0.05) is 23.7 Å². The smallest absolute Gasteiger partial charge is 0.129 e. The van der Waals surface area contributed by atoms with E-state index in [0.717, 1.165) is 5.56 Å². The summed E-state index contributed by atoms with van der Waals surface area (Å²) in [6.07, 6.45) is 4.20. The van der Waals surface area contributed by atoms with E-state index in [1.54, 1.807) is 24.5 Å². The van der Waals surface area contributed by atoms with Crippen molar-refractivity contribution in [3.05, 3.63) is 64.7 Å². The van der Waals surface area contributed by atoms with Crippen LogP contribution in [0.4, 0.5) is 4.39 Å². The fourth-order valence-electron chi connectivity index (χ4n) is 1.91. The highest BCUT2D eigenvalue weighted by Crippen LogP contribution is 2.23. The monoisotopic (exact) mass is 264 g/mol. The average molecular weight is 265 g/mol. The number of hydrogen-bond donors (Lipinski definition) is 1. The molecule has 0 aliphatic rings. The third kappa shape index (κ3) is 3.06. The number of benzene rings is 1. The normalized spacial score (nSPS) is 12.4. The molecule has 1 aromatic carbocycles. The lowest BCUT2D eigenvalue weighted by atomic mass is 9.99. The first-order chi connectivity index (χ1) is 8.70. The van der Waals surface area contributed by atoms with E-state index in [2.05, 4.69) is 10.3 Å². The average Bonchev–Trinajstić information content (AvgIpc) is 2.38. The summed E-state index contributed by atoms with van der Waals surface area (Å²) in [7, 11) is 1.81. The molecule has 18 heavy (non-hydrogen) atoms. The Morgan fingerprint density at radius 1 is 1.39 bits per heavy atom. The molecule has 1 atom stereocenters. The third-order valence-electron chi connectivity index (χ3n) is 2.85. The van der Waals surface area contributed by atoms with Crippen molar-refractivity contribution in [1.29, 1.82) is 0 Å². The lowest BCUT2D eigenvalue weighted by Crippen LogP contribution is -2.20. The number of nitrogens with one attached hydrogen (secondary N) is 1. The summed E-state index contributed by atoms with van der Waals surface area (Å²) in [6.45, 7) is 0. The van der Waals surface area contributed by atoms with Crippen LogP contribution in [0.1, 0.15) is 17.2 Å². The van der Waals surface area contributed by atoms with Crippen molar-refractivity contribution in [3.63, 3.8) is 0 Å². The van der Waals surface area contributed by atoms with E-state index in [0.29, 0.717) is 17.0 Å². The minimum absolute atomic E-state index is 0.0912. The molecule has 0 fully saturated rings. The Kier molecular flexibility index (Phi) is 4.28. The van der Waals surface area contributed by atoms with E-state index < -0.39 is 0 Å². The highest BCUT2D eigenvalue weighted by atomic mass is 35.5. The van der Waals surface area contributed by atoms with Gasteiger partial charge in [-0.05, 0) is 37.2 Å². The quantitative estimate of drug-likeness (QED) is 0.916. The van der Waals surface area contributed by atoms with Crippen LogP contribution >= 0.6 is 11.6 Å². The lowest BCUT2D eigenvalue weighted by Gasteiger charge is -2.17. The summed E-state index contributed by atoms with van der Waals surface area (Å²) in [5, 5.41) is 3.53. The van der Waals surface area contributed by atoms with Gasteiger partial charge in [0.05, 0.1) is 0 Å². The number of nitrogens with zero attached hydrogens (tertiary/aromatic N) is 1. The molecule has 0 aliphatic carbocycles. The summed E-state index contributed by atoms with van der Waals surface area (Å²) >= 11 is 5.75. The maximum absolute atomic E-state index is 13.9. The van der Waals surface area contributed by atoms with Crippen molar-refractivity contribution >= 4 is 11.6 Å². The Labute approximate surface area is 111 Å². The van der Waals surface area contributed by atoms with Crippen LogP contribution in [-0.4, -0.2) is 12.0 Å². The van der Waals surface area contributed by atoms with Crippen molar-refractivity contribution < 1.29 is 4.39 Å². The van der Waals surface area contributed by atoms with Gasteiger partial charge in [0.1, 0.15) is 5.82 Å². The zero-order chi connectivity index (χ0) is 13.0. The fraction of sp³-hybridized carbons (Fsp3) is 0.214. The first-order valence-corrected chi connectivity index (χ1v) is 6.09. The molecule has 0 radical (unpaired) electrons. The molecule has 0 aliphatic heterocycles. The number of hydrogen-bond acceptors (Lipinski definition) is 2. The molecular weight excluding hydrogens is 251 g/mol. The van der Waals surface area contributed by atoms with Crippen LogP contribution in [0.2, 0.25) is 5.02 Å². The molecular formula is C14H14ClFN2. The first kappa shape index (κ1) is 13.0. The zero-order valence-electron chi connectivity index (χ0n) is 10.0. The van der Waals surface area contributed by atoms with E-state index in [1.165, 1.54) is 6.07 Å². The van der Waals surface area contributed by atoms with Crippen molar-refractivity contribution in [1.82, 2.24) is 10.3 Å². The summed E-state index contributed by atoms with van der Waals surface area (Å²) < 4.78 is 13.9. The maximum Gasteiger partial charge on any atom is 0.129 e. The maximum atomic E-state index is 13.9. The molecule has 0 spiro atoms. The lowest BCUT2D eigenvalue weighted by molar-refractivity contribution is 0.533. The molecule has 1 aromatic heterocycles. The predicted molar refractivity (Wildman–Crippen MR) is 71.2 cm³/mol. The molecule has 0 saturated carbocycles. The molecule has 2 aromatic rings. The van der Waals surface area contributed by atoms with Crippen LogP contribution in [0.25, 0.3) is 0 Å². The van der Waals surface area contributed by atoms with Gasteiger partial charge in [0.2, 0.25) is 0 Å². The van der Waals surface area contributed by atoms with Crippen LogP contribution in [0.5, 0.6) is 0 Å². The summed E-state index contributed by atoms with van der Waals surface area (Å²) in [6, 6.07) is 8.52. The van der Waals surface area contributed by atoms with Crippen LogP contribution in [0.3, 0.4) is 0 Å². The van der Waals surface area contributed by atoms with E-state index in [1.807, 2.05) is 19.2 Å². The van der Waals surface area contributed by atoms with Crippen molar-refractivity contribution in [2.24, 2.45) is 0 Å². The number of likely N-dealkylation sites (N-methyl/N-ethyl adjacent to an activating group) is 1. The number of rotatable bonds is 4. The van der Waals surface area contributed by atoms with Gasteiger partial charge in [-0.15, -0.1) is 0 Å². The summed E-state index contributed by atoms with van der Waals surface area (Å²) in [4.78, 5) is 4.06.